The Kier molecular flexibility index (Phi) is 4.79. The summed E-state index contributed by atoms with van der Waals surface area (Å²) >= 11 is 1.53. The molecule has 0 radical (unpaired) electrons. The highest BCUT2D eigenvalue weighted by atomic mass is 32.2. The average Bonchev–Trinajstić information content (AvgIpc) is 2.25. The zero-order valence-corrected chi connectivity index (χ0v) is 11.3. The molecule has 0 aliphatic carbocycles. The van der Waals surface area contributed by atoms with Crippen LogP contribution >= 0.6 is 11.8 Å². The highest BCUT2D eigenvalue weighted by molar-refractivity contribution is 7.98. The van der Waals surface area contributed by atoms with Crippen LogP contribution in [0, 0.1) is 5.82 Å². The number of rotatable bonds is 5. The van der Waals surface area contributed by atoms with E-state index in [0.717, 1.165) is 10.4 Å². The van der Waals surface area contributed by atoms with Gasteiger partial charge in [0.25, 0.3) is 0 Å². The zero-order valence-electron chi connectivity index (χ0n) is 9.68. The molecule has 0 heterocycles. The summed E-state index contributed by atoms with van der Waals surface area (Å²) in [5.41, 5.74) is 5.58. The Labute approximate surface area is 105 Å². The van der Waals surface area contributed by atoms with Gasteiger partial charge in [-0.3, -0.25) is 0 Å². The van der Waals surface area contributed by atoms with Gasteiger partial charge in [-0.25, -0.2) is 17.1 Å². The number of benzene rings is 1. The van der Waals surface area contributed by atoms with Crippen molar-refractivity contribution in [3.8, 4) is 0 Å². The van der Waals surface area contributed by atoms with Crippen LogP contribution in [0.15, 0.2) is 23.1 Å². The van der Waals surface area contributed by atoms with Crippen LogP contribution in [0.3, 0.4) is 0 Å². The third-order valence-corrected chi connectivity index (χ3v) is 4.74. The van der Waals surface area contributed by atoms with Gasteiger partial charge in [0.2, 0.25) is 10.0 Å². The first-order valence-electron chi connectivity index (χ1n) is 4.90. The second-order valence-corrected chi connectivity index (χ2v) is 6.51. The summed E-state index contributed by atoms with van der Waals surface area (Å²) in [6, 6.07) is 3.57. The number of thioether (sulfide) groups is 1. The van der Waals surface area contributed by atoms with Crippen LogP contribution in [-0.4, -0.2) is 38.3 Å². The topological polar surface area (TPSA) is 63.4 Å². The molecule has 0 saturated heterocycles. The molecule has 0 spiro atoms. The molecule has 0 unspecified atom stereocenters. The summed E-state index contributed by atoms with van der Waals surface area (Å²) in [6.45, 7) is 0.341. The molecule has 1 rings (SSSR count). The lowest BCUT2D eigenvalue weighted by Crippen LogP contribution is -2.29. The lowest BCUT2D eigenvalue weighted by Gasteiger charge is -2.17. The van der Waals surface area contributed by atoms with Gasteiger partial charge in [0, 0.05) is 25.0 Å². The quantitative estimate of drug-likeness (QED) is 0.827. The van der Waals surface area contributed by atoms with Crippen molar-refractivity contribution in [2.45, 2.75) is 4.90 Å². The largest absolute Gasteiger partial charge is 0.399 e. The number of halogens is 1. The van der Waals surface area contributed by atoms with Gasteiger partial charge in [0.05, 0.1) is 0 Å². The number of hydrogen-bond acceptors (Lipinski definition) is 4. The van der Waals surface area contributed by atoms with Crippen molar-refractivity contribution < 1.29 is 12.8 Å². The minimum absolute atomic E-state index is 0.202. The summed E-state index contributed by atoms with van der Waals surface area (Å²) in [5, 5.41) is 0. The predicted octanol–water partition coefficient (Wildman–Crippen LogP) is 1.39. The first-order valence-corrected chi connectivity index (χ1v) is 7.73. The van der Waals surface area contributed by atoms with Crippen molar-refractivity contribution in [3.05, 3.63) is 24.0 Å². The van der Waals surface area contributed by atoms with E-state index in [4.69, 9.17) is 5.73 Å². The summed E-state index contributed by atoms with van der Waals surface area (Å²) in [6.07, 6.45) is 1.88. The van der Waals surface area contributed by atoms with Crippen LogP contribution in [-0.2, 0) is 10.0 Å². The zero-order chi connectivity index (χ0) is 13.1. The molecule has 0 aliphatic rings. The van der Waals surface area contributed by atoms with Crippen molar-refractivity contribution >= 4 is 27.5 Å². The van der Waals surface area contributed by atoms with Gasteiger partial charge in [-0.1, -0.05) is 0 Å². The first-order chi connectivity index (χ1) is 7.89. The highest BCUT2D eigenvalue weighted by Gasteiger charge is 2.23. The number of nitrogens with zero attached hydrogens (tertiary/aromatic N) is 1. The van der Waals surface area contributed by atoms with E-state index in [2.05, 4.69) is 0 Å². The molecule has 0 atom stereocenters. The molecule has 0 saturated carbocycles. The Morgan fingerprint density at radius 3 is 2.65 bits per heavy atom. The van der Waals surface area contributed by atoms with E-state index in [9.17, 15) is 12.8 Å². The molecule has 0 aromatic heterocycles. The van der Waals surface area contributed by atoms with Gasteiger partial charge in [-0.15, -0.1) is 0 Å². The molecule has 4 nitrogen and oxygen atoms in total. The van der Waals surface area contributed by atoms with E-state index in [1.165, 1.54) is 30.9 Å². The molecule has 0 bridgehead atoms. The molecule has 1 aromatic carbocycles. The Morgan fingerprint density at radius 2 is 2.12 bits per heavy atom. The molecule has 1 aromatic rings. The maximum atomic E-state index is 13.5. The van der Waals surface area contributed by atoms with E-state index >= 15 is 0 Å². The van der Waals surface area contributed by atoms with Crippen molar-refractivity contribution in [2.75, 3.05) is 31.3 Å². The Bertz CT molecular complexity index is 491. The Balaban J connectivity index is 3.04. The molecule has 96 valence electrons. The fraction of sp³-hybridized carbons (Fsp3) is 0.400. The third kappa shape index (κ3) is 3.34. The molecular formula is C10H15FN2O2S2. The number of anilines is 1. The van der Waals surface area contributed by atoms with Crippen LogP contribution in [0.4, 0.5) is 10.1 Å². The SMILES string of the molecule is CSCCN(C)S(=O)(=O)c1ccc(N)cc1F. The highest BCUT2D eigenvalue weighted by Crippen LogP contribution is 2.20. The van der Waals surface area contributed by atoms with E-state index < -0.39 is 15.8 Å². The molecule has 2 N–H and O–H groups in total. The van der Waals surface area contributed by atoms with E-state index in [0.29, 0.717) is 12.3 Å². The number of nitrogen functional groups attached to an aromatic ring is 1. The summed E-state index contributed by atoms with van der Waals surface area (Å²) in [7, 11) is -2.34. The predicted molar refractivity (Wildman–Crippen MR) is 69.0 cm³/mol. The van der Waals surface area contributed by atoms with Crippen molar-refractivity contribution in [2.24, 2.45) is 0 Å². The van der Waals surface area contributed by atoms with Crippen LogP contribution in [0.5, 0.6) is 0 Å². The van der Waals surface area contributed by atoms with E-state index in [1.54, 1.807) is 0 Å². The first kappa shape index (κ1) is 14.3. The number of nitrogens with two attached hydrogens (primary N) is 1. The summed E-state index contributed by atoms with van der Waals surface area (Å²) in [5.74, 6) is -0.159. The molecule has 7 heteroatoms. The van der Waals surface area contributed by atoms with Gasteiger partial charge >= 0.3 is 0 Å². The maximum absolute atomic E-state index is 13.5. The maximum Gasteiger partial charge on any atom is 0.245 e. The van der Waals surface area contributed by atoms with Gasteiger partial charge in [0.15, 0.2) is 0 Å². The number of sulfonamides is 1. The second kappa shape index (κ2) is 5.70. The number of hydrogen-bond donors (Lipinski definition) is 1. The fourth-order valence-corrected chi connectivity index (χ4v) is 3.02. The third-order valence-electron chi connectivity index (χ3n) is 2.25. The lowest BCUT2D eigenvalue weighted by molar-refractivity contribution is 0.480. The molecular weight excluding hydrogens is 263 g/mol. The molecule has 17 heavy (non-hydrogen) atoms. The van der Waals surface area contributed by atoms with Crippen LogP contribution in [0.1, 0.15) is 0 Å². The van der Waals surface area contributed by atoms with Crippen LogP contribution in [0.25, 0.3) is 0 Å². The normalized spacial score (nSPS) is 12.0. The van der Waals surface area contributed by atoms with Crippen molar-refractivity contribution in [1.82, 2.24) is 4.31 Å². The van der Waals surface area contributed by atoms with Gasteiger partial charge in [-0.2, -0.15) is 11.8 Å². The Morgan fingerprint density at radius 1 is 1.47 bits per heavy atom. The lowest BCUT2D eigenvalue weighted by atomic mass is 10.3. The minimum Gasteiger partial charge on any atom is -0.399 e. The van der Waals surface area contributed by atoms with Crippen molar-refractivity contribution in [3.63, 3.8) is 0 Å². The molecule has 0 aliphatic heterocycles. The summed E-state index contributed by atoms with van der Waals surface area (Å²) in [4.78, 5) is -0.338. The van der Waals surface area contributed by atoms with Crippen molar-refractivity contribution in [1.29, 1.82) is 0 Å². The Hall–Kier alpha value is -0.790. The van der Waals surface area contributed by atoms with Gasteiger partial charge < -0.3 is 5.73 Å². The van der Waals surface area contributed by atoms with E-state index in [-0.39, 0.29) is 10.6 Å². The van der Waals surface area contributed by atoms with Crippen LogP contribution < -0.4 is 5.73 Å². The van der Waals surface area contributed by atoms with Gasteiger partial charge in [-0.05, 0) is 24.5 Å². The fourth-order valence-electron chi connectivity index (χ4n) is 1.23. The van der Waals surface area contributed by atoms with Gasteiger partial charge in [0.1, 0.15) is 10.7 Å². The monoisotopic (exact) mass is 278 g/mol. The van der Waals surface area contributed by atoms with E-state index in [1.807, 2.05) is 6.26 Å². The smallest absolute Gasteiger partial charge is 0.245 e. The minimum atomic E-state index is -3.77. The second-order valence-electron chi connectivity index (χ2n) is 3.51. The molecule has 0 amide bonds. The molecule has 0 fully saturated rings. The average molecular weight is 278 g/mol. The summed E-state index contributed by atoms with van der Waals surface area (Å²) < 4.78 is 38.7. The van der Waals surface area contributed by atoms with Crippen LogP contribution in [0.2, 0.25) is 0 Å². The standard InChI is InChI=1S/C10H15FN2O2S2/c1-13(5-6-16-2)17(14,15)10-4-3-8(12)7-9(10)11/h3-4,7H,5-6,12H2,1-2H3.